The normalized spacial score (nSPS) is 32.4. The van der Waals surface area contributed by atoms with E-state index in [1.165, 1.54) is 6.42 Å². The van der Waals surface area contributed by atoms with Crippen LogP contribution in [0.4, 0.5) is 0 Å². The van der Waals surface area contributed by atoms with Crippen LogP contribution in [0.3, 0.4) is 0 Å². The van der Waals surface area contributed by atoms with Gasteiger partial charge in [-0.3, -0.25) is 4.79 Å². The van der Waals surface area contributed by atoms with E-state index in [2.05, 4.69) is 23.9 Å². The van der Waals surface area contributed by atoms with Crippen LogP contribution in [0.25, 0.3) is 0 Å². The first-order chi connectivity index (χ1) is 10.9. The molecule has 1 amide bonds. The SMILES string of the molecule is CC[C@@H]1CCCC[C@@H]1NC(=O)CS(=O)(=O)NC1CCC(C)CC1. The molecule has 2 saturated carbocycles. The molecule has 2 rings (SSSR count). The van der Waals surface area contributed by atoms with Crippen LogP contribution in [0.2, 0.25) is 0 Å². The maximum absolute atomic E-state index is 12.2. The summed E-state index contributed by atoms with van der Waals surface area (Å²) in [6.45, 7) is 4.34. The third-order valence-corrected chi connectivity index (χ3v) is 6.80. The summed E-state index contributed by atoms with van der Waals surface area (Å²) in [5, 5.41) is 2.96. The smallest absolute Gasteiger partial charge is 0.236 e. The van der Waals surface area contributed by atoms with E-state index in [-0.39, 0.29) is 18.0 Å². The quantitative estimate of drug-likeness (QED) is 0.777. The van der Waals surface area contributed by atoms with Gasteiger partial charge in [-0.2, -0.15) is 0 Å². The molecule has 2 aliphatic rings. The number of amides is 1. The molecule has 2 fully saturated rings. The van der Waals surface area contributed by atoms with E-state index in [1.807, 2.05) is 0 Å². The number of nitrogens with one attached hydrogen (secondary N) is 2. The van der Waals surface area contributed by atoms with Crippen molar-refractivity contribution < 1.29 is 13.2 Å². The van der Waals surface area contributed by atoms with Gasteiger partial charge in [0.25, 0.3) is 0 Å². The Balaban J connectivity index is 1.81. The first-order valence-electron chi connectivity index (χ1n) is 9.19. The van der Waals surface area contributed by atoms with Crippen LogP contribution in [0, 0.1) is 11.8 Å². The summed E-state index contributed by atoms with van der Waals surface area (Å²) in [5.41, 5.74) is 0. The van der Waals surface area contributed by atoms with E-state index in [9.17, 15) is 13.2 Å². The Labute approximate surface area is 141 Å². The molecule has 2 aliphatic carbocycles. The Morgan fingerprint density at radius 2 is 1.70 bits per heavy atom. The third-order valence-electron chi connectivity index (χ3n) is 5.46. The van der Waals surface area contributed by atoms with Gasteiger partial charge in [-0.1, -0.05) is 33.1 Å². The molecule has 6 heteroatoms. The van der Waals surface area contributed by atoms with Crippen molar-refractivity contribution in [1.82, 2.24) is 10.0 Å². The predicted octanol–water partition coefficient (Wildman–Crippen LogP) is 2.57. The molecule has 0 saturated heterocycles. The Morgan fingerprint density at radius 1 is 1.04 bits per heavy atom. The molecular formula is C17H32N2O3S. The summed E-state index contributed by atoms with van der Waals surface area (Å²) in [6.07, 6.45) is 9.34. The van der Waals surface area contributed by atoms with Crippen LogP contribution in [0.15, 0.2) is 0 Å². The number of carbonyl (C=O) groups is 1. The Morgan fingerprint density at radius 3 is 2.35 bits per heavy atom. The van der Waals surface area contributed by atoms with Crippen LogP contribution in [-0.4, -0.2) is 32.2 Å². The maximum Gasteiger partial charge on any atom is 0.236 e. The van der Waals surface area contributed by atoms with Gasteiger partial charge in [-0.25, -0.2) is 13.1 Å². The lowest BCUT2D eigenvalue weighted by Crippen LogP contribution is -2.47. The van der Waals surface area contributed by atoms with Crippen LogP contribution in [-0.2, 0) is 14.8 Å². The van der Waals surface area contributed by atoms with Crippen LogP contribution in [0.5, 0.6) is 0 Å². The zero-order valence-corrected chi connectivity index (χ0v) is 15.3. The molecule has 0 bridgehead atoms. The van der Waals surface area contributed by atoms with Crippen molar-refractivity contribution in [3.05, 3.63) is 0 Å². The van der Waals surface area contributed by atoms with E-state index in [0.29, 0.717) is 11.8 Å². The summed E-state index contributed by atoms with van der Waals surface area (Å²) in [7, 11) is -3.53. The Kier molecular flexibility index (Phi) is 6.89. The van der Waals surface area contributed by atoms with Crippen molar-refractivity contribution in [3.8, 4) is 0 Å². The van der Waals surface area contributed by atoms with Gasteiger partial charge in [0.1, 0.15) is 5.75 Å². The lowest BCUT2D eigenvalue weighted by molar-refractivity contribution is -0.119. The van der Waals surface area contributed by atoms with Crippen LogP contribution >= 0.6 is 0 Å². The molecule has 0 radical (unpaired) electrons. The molecule has 23 heavy (non-hydrogen) atoms. The van der Waals surface area contributed by atoms with Gasteiger partial charge in [-0.15, -0.1) is 0 Å². The highest BCUT2D eigenvalue weighted by molar-refractivity contribution is 7.90. The van der Waals surface area contributed by atoms with Crippen LogP contribution in [0.1, 0.15) is 71.6 Å². The second-order valence-electron chi connectivity index (χ2n) is 7.46. The first-order valence-corrected chi connectivity index (χ1v) is 10.8. The summed E-state index contributed by atoms with van der Waals surface area (Å²) < 4.78 is 27.1. The van der Waals surface area contributed by atoms with Gasteiger partial charge < -0.3 is 5.32 Å². The van der Waals surface area contributed by atoms with E-state index < -0.39 is 15.8 Å². The standard InChI is InChI=1S/C17H32N2O3S/c1-3-14-6-4-5-7-16(14)18-17(20)12-23(21,22)19-15-10-8-13(2)9-11-15/h13-16,19H,3-12H2,1-2H3,(H,18,20)/t13?,14-,15?,16+/m1/s1. The fourth-order valence-corrected chi connectivity index (χ4v) is 5.24. The van der Waals surface area contributed by atoms with Gasteiger partial charge in [-0.05, 0) is 50.4 Å². The highest BCUT2D eigenvalue weighted by atomic mass is 32.2. The summed E-state index contributed by atoms with van der Waals surface area (Å²) in [5.74, 6) is 0.373. The van der Waals surface area contributed by atoms with E-state index in [1.54, 1.807) is 0 Å². The molecule has 0 aromatic carbocycles. The second kappa shape index (κ2) is 8.47. The molecule has 0 aliphatic heterocycles. The van der Waals surface area contributed by atoms with E-state index in [0.717, 1.165) is 51.4 Å². The number of hydrogen-bond donors (Lipinski definition) is 2. The minimum absolute atomic E-state index is 0.00192. The van der Waals surface area contributed by atoms with Crippen molar-refractivity contribution in [2.45, 2.75) is 83.7 Å². The highest BCUT2D eigenvalue weighted by Crippen LogP contribution is 2.27. The number of hydrogen-bond acceptors (Lipinski definition) is 3. The first kappa shape index (κ1) is 18.7. The van der Waals surface area contributed by atoms with Gasteiger partial charge in [0, 0.05) is 12.1 Å². The van der Waals surface area contributed by atoms with Crippen molar-refractivity contribution in [2.75, 3.05) is 5.75 Å². The fraction of sp³-hybridized carbons (Fsp3) is 0.941. The van der Waals surface area contributed by atoms with Crippen molar-refractivity contribution >= 4 is 15.9 Å². The molecule has 0 aromatic rings. The predicted molar refractivity (Wildman–Crippen MR) is 92.5 cm³/mol. The average Bonchev–Trinajstić information content (AvgIpc) is 2.49. The Bertz CT molecular complexity index is 484. The highest BCUT2D eigenvalue weighted by Gasteiger charge is 2.28. The van der Waals surface area contributed by atoms with Gasteiger partial charge >= 0.3 is 0 Å². The van der Waals surface area contributed by atoms with Gasteiger partial charge in [0.05, 0.1) is 0 Å². The topological polar surface area (TPSA) is 75.3 Å². The summed E-state index contributed by atoms with van der Waals surface area (Å²) >= 11 is 0. The average molecular weight is 345 g/mol. The van der Waals surface area contributed by atoms with E-state index in [4.69, 9.17) is 0 Å². The molecule has 2 N–H and O–H groups in total. The molecule has 5 nitrogen and oxygen atoms in total. The molecule has 2 atom stereocenters. The zero-order chi connectivity index (χ0) is 16.9. The van der Waals surface area contributed by atoms with Gasteiger partial charge in [0.15, 0.2) is 0 Å². The number of rotatable bonds is 6. The largest absolute Gasteiger partial charge is 0.352 e. The minimum atomic E-state index is -3.53. The summed E-state index contributed by atoms with van der Waals surface area (Å²) in [4.78, 5) is 12.2. The molecular weight excluding hydrogens is 312 g/mol. The molecule has 0 heterocycles. The number of sulfonamides is 1. The van der Waals surface area contributed by atoms with Crippen LogP contribution < -0.4 is 10.0 Å². The van der Waals surface area contributed by atoms with Crippen molar-refractivity contribution in [3.63, 3.8) is 0 Å². The molecule has 0 unspecified atom stereocenters. The van der Waals surface area contributed by atoms with Crippen molar-refractivity contribution in [2.24, 2.45) is 11.8 Å². The lowest BCUT2D eigenvalue weighted by Gasteiger charge is -2.31. The van der Waals surface area contributed by atoms with Gasteiger partial charge in [0.2, 0.25) is 15.9 Å². The molecule has 0 aromatic heterocycles. The molecule has 0 spiro atoms. The second-order valence-corrected chi connectivity index (χ2v) is 9.21. The lowest BCUT2D eigenvalue weighted by atomic mass is 9.83. The number of carbonyl (C=O) groups excluding carboxylic acids is 1. The van der Waals surface area contributed by atoms with Crippen molar-refractivity contribution in [1.29, 1.82) is 0 Å². The Hall–Kier alpha value is -0.620. The minimum Gasteiger partial charge on any atom is -0.352 e. The monoisotopic (exact) mass is 344 g/mol. The van der Waals surface area contributed by atoms with E-state index >= 15 is 0 Å². The maximum atomic E-state index is 12.2. The zero-order valence-electron chi connectivity index (χ0n) is 14.5. The molecule has 134 valence electrons. The third kappa shape index (κ3) is 6.07. The summed E-state index contributed by atoms with van der Waals surface area (Å²) in [6, 6.07) is 0.147. The fourth-order valence-electron chi connectivity index (χ4n) is 3.98.